The van der Waals surface area contributed by atoms with E-state index in [0.29, 0.717) is 16.1 Å². The van der Waals surface area contributed by atoms with E-state index in [1.54, 1.807) is 24.3 Å². The third kappa shape index (κ3) is 4.69. The normalized spacial score (nSPS) is 11.2. The summed E-state index contributed by atoms with van der Waals surface area (Å²) < 4.78 is 6.33. The van der Waals surface area contributed by atoms with Crippen LogP contribution in [0.2, 0.25) is 5.02 Å². The lowest BCUT2D eigenvalue weighted by Gasteiger charge is -2.07. The van der Waals surface area contributed by atoms with E-state index in [0.717, 1.165) is 17.4 Å². The molecule has 0 aliphatic carbocycles. The van der Waals surface area contributed by atoms with E-state index in [1.165, 1.54) is 43.7 Å². The number of hydrogen-bond acceptors (Lipinski definition) is 3. The van der Waals surface area contributed by atoms with E-state index >= 15 is 0 Å². The number of rotatable bonds is 8. The van der Waals surface area contributed by atoms with Gasteiger partial charge in [-0.2, -0.15) is 0 Å². The first-order valence-corrected chi connectivity index (χ1v) is 9.92. The van der Waals surface area contributed by atoms with Crippen LogP contribution in [-0.4, -0.2) is 4.57 Å². The summed E-state index contributed by atoms with van der Waals surface area (Å²) in [6.45, 7) is 2.22. The molecule has 0 fully saturated rings. The summed E-state index contributed by atoms with van der Waals surface area (Å²) in [5.74, 6) is -0.710. The van der Waals surface area contributed by atoms with E-state index in [9.17, 15) is 9.59 Å². The van der Waals surface area contributed by atoms with Crippen LogP contribution in [0.3, 0.4) is 0 Å². The van der Waals surface area contributed by atoms with Gasteiger partial charge in [0.2, 0.25) is 0 Å². The molecular formula is C22H24ClNO3. The lowest BCUT2D eigenvalue weighted by molar-refractivity contribution is 0.504. The Morgan fingerprint density at radius 3 is 2.37 bits per heavy atom. The maximum atomic E-state index is 12.7. The van der Waals surface area contributed by atoms with Gasteiger partial charge in [-0.15, -0.1) is 0 Å². The molecule has 27 heavy (non-hydrogen) atoms. The highest BCUT2D eigenvalue weighted by Crippen LogP contribution is 2.16. The Labute approximate surface area is 163 Å². The van der Waals surface area contributed by atoms with Crippen LogP contribution in [0.25, 0.3) is 16.7 Å². The lowest BCUT2D eigenvalue weighted by atomic mass is 10.0. The van der Waals surface area contributed by atoms with Crippen LogP contribution < -0.4 is 11.3 Å². The van der Waals surface area contributed by atoms with Crippen LogP contribution in [0.15, 0.2) is 56.5 Å². The average molecular weight is 386 g/mol. The second kappa shape index (κ2) is 9.05. The van der Waals surface area contributed by atoms with Crippen LogP contribution in [0, 0.1) is 0 Å². The van der Waals surface area contributed by atoms with E-state index < -0.39 is 11.3 Å². The van der Waals surface area contributed by atoms with Gasteiger partial charge in [0.05, 0.1) is 11.1 Å². The van der Waals surface area contributed by atoms with Crippen molar-refractivity contribution in [2.45, 2.75) is 51.9 Å². The zero-order chi connectivity index (χ0) is 19.2. The van der Waals surface area contributed by atoms with Crippen LogP contribution in [0.1, 0.15) is 51.0 Å². The second-order valence-electron chi connectivity index (χ2n) is 6.83. The fourth-order valence-corrected chi connectivity index (χ4v) is 3.41. The van der Waals surface area contributed by atoms with Crippen molar-refractivity contribution in [3.8, 4) is 5.69 Å². The molecule has 0 amide bonds. The molecule has 1 aromatic heterocycles. The minimum atomic E-state index is -0.710. The number of benzene rings is 2. The molecule has 0 atom stereocenters. The number of hydrogen-bond donors (Lipinski definition) is 0. The summed E-state index contributed by atoms with van der Waals surface area (Å²) in [5.41, 5.74) is 1.52. The molecule has 5 heteroatoms. The Morgan fingerprint density at radius 2 is 1.63 bits per heavy atom. The maximum Gasteiger partial charge on any atom is 0.426 e. The van der Waals surface area contributed by atoms with E-state index in [4.69, 9.17) is 16.0 Å². The van der Waals surface area contributed by atoms with Crippen LogP contribution in [0.4, 0.5) is 0 Å². The zero-order valence-corrected chi connectivity index (χ0v) is 16.3. The molecule has 2 aromatic carbocycles. The third-order valence-corrected chi connectivity index (χ3v) is 5.01. The van der Waals surface area contributed by atoms with E-state index in [2.05, 4.69) is 6.92 Å². The van der Waals surface area contributed by atoms with Crippen LogP contribution in [0.5, 0.6) is 0 Å². The average Bonchev–Trinajstić information content (AvgIpc) is 2.65. The molecule has 3 aromatic rings. The molecule has 3 rings (SSSR count). The first-order chi connectivity index (χ1) is 13.1. The summed E-state index contributed by atoms with van der Waals surface area (Å²) in [7, 11) is 0. The first kappa shape index (κ1) is 19.4. The van der Waals surface area contributed by atoms with Gasteiger partial charge >= 0.3 is 5.76 Å². The van der Waals surface area contributed by atoms with Crippen molar-refractivity contribution >= 4 is 22.6 Å². The van der Waals surface area contributed by atoms with E-state index in [-0.39, 0.29) is 5.58 Å². The molecule has 0 N–H and O–H groups in total. The lowest BCUT2D eigenvalue weighted by Crippen LogP contribution is -2.30. The summed E-state index contributed by atoms with van der Waals surface area (Å²) in [5, 5.41) is 0.747. The topological polar surface area (TPSA) is 52.2 Å². The molecule has 0 radical (unpaired) electrons. The minimum absolute atomic E-state index is 0.202. The molecule has 0 unspecified atom stereocenters. The summed E-state index contributed by atoms with van der Waals surface area (Å²) in [6, 6.07) is 12.2. The van der Waals surface area contributed by atoms with Gasteiger partial charge in [0.1, 0.15) is 5.58 Å². The first-order valence-electron chi connectivity index (χ1n) is 9.55. The molecule has 0 aliphatic rings. The number of aromatic nitrogens is 1. The minimum Gasteiger partial charge on any atom is -0.409 e. The van der Waals surface area contributed by atoms with Crippen molar-refractivity contribution in [2.75, 3.05) is 0 Å². The fourth-order valence-electron chi connectivity index (χ4n) is 3.24. The number of nitrogens with zero attached hydrogens (tertiary/aromatic N) is 1. The smallest absolute Gasteiger partial charge is 0.409 e. The van der Waals surface area contributed by atoms with Gasteiger partial charge in [0, 0.05) is 11.1 Å². The van der Waals surface area contributed by atoms with Gasteiger partial charge in [-0.05, 0) is 42.7 Å². The number of halogens is 1. The Balaban J connectivity index is 1.76. The molecule has 0 aliphatic heterocycles. The van der Waals surface area contributed by atoms with Gasteiger partial charge in [-0.3, -0.25) is 4.79 Å². The monoisotopic (exact) mass is 385 g/mol. The van der Waals surface area contributed by atoms with Gasteiger partial charge in [0.15, 0.2) is 0 Å². The Hall–Kier alpha value is -2.33. The summed E-state index contributed by atoms with van der Waals surface area (Å²) in [6.07, 6.45) is 8.55. The SMILES string of the molecule is CCCCCCCCc1ccc(-n2c(=O)oc3cc(Cl)ccc3c2=O)cc1. The summed E-state index contributed by atoms with van der Waals surface area (Å²) >= 11 is 5.90. The van der Waals surface area contributed by atoms with Crippen molar-refractivity contribution in [2.24, 2.45) is 0 Å². The van der Waals surface area contributed by atoms with Gasteiger partial charge < -0.3 is 4.42 Å². The number of fused-ring (bicyclic) bond motifs is 1. The standard InChI is InChI=1S/C22H24ClNO3/c1-2-3-4-5-6-7-8-16-9-12-18(13-10-16)24-21(25)19-14-11-17(23)15-20(19)27-22(24)26/h9-15H,2-8H2,1H3. The highest BCUT2D eigenvalue weighted by Gasteiger charge is 2.12. The Bertz CT molecular complexity index is 1020. The highest BCUT2D eigenvalue weighted by molar-refractivity contribution is 6.31. The Kier molecular flexibility index (Phi) is 6.51. The Morgan fingerprint density at radius 1 is 0.926 bits per heavy atom. The van der Waals surface area contributed by atoms with Gasteiger partial charge in [-0.1, -0.05) is 62.8 Å². The highest BCUT2D eigenvalue weighted by atomic mass is 35.5. The molecule has 1 heterocycles. The van der Waals surface area contributed by atoms with Crippen LogP contribution >= 0.6 is 11.6 Å². The van der Waals surface area contributed by atoms with Gasteiger partial charge in [0.25, 0.3) is 5.56 Å². The van der Waals surface area contributed by atoms with Crippen LogP contribution in [-0.2, 0) is 6.42 Å². The predicted octanol–water partition coefficient (Wildman–Crippen LogP) is 5.50. The molecule has 142 valence electrons. The second-order valence-corrected chi connectivity index (χ2v) is 7.27. The molecule has 0 spiro atoms. The van der Waals surface area contributed by atoms with Crippen molar-refractivity contribution in [1.29, 1.82) is 0 Å². The molecule has 0 saturated heterocycles. The maximum absolute atomic E-state index is 12.7. The predicted molar refractivity (Wildman–Crippen MR) is 110 cm³/mol. The van der Waals surface area contributed by atoms with Crippen molar-refractivity contribution < 1.29 is 4.42 Å². The number of aryl methyl sites for hydroxylation is 1. The molecular weight excluding hydrogens is 362 g/mol. The largest absolute Gasteiger partial charge is 0.426 e. The van der Waals surface area contributed by atoms with Crippen molar-refractivity contribution in [3.63, 3.8) is 0 Å². The quantitative estimate of drug-likeness (QED) is 0.481. The zero-order valence-electron chi connectivity index (χ0n) is 15.5. The third-order valence-electron chi connectivity index (χ3n) is 4.77. The number of unbranched alkanes of at least 4 members (excludes halogenated alkanes) is 5. The molecule has 0 saturated carbocycles. The van der Waals surface area contributed by atoms with E-state index in [1.807, 2.05) is 12.1 Å². The van der Waals surface area contributed by atoms with Crippen molar-refractivity contribution in [1.82, 2.24) is 4.57 Å². The molecule has 0 bridgehead atoms. The summed E-state index contributed by atoms with van der Waals surface area (Å²) in [4.78, 5) is 25.0. The fraction of sp³-hybridized carbons (Fsp3) is 0.364. The molecule has 4 nitrogen and oxygen atoms in total. The van der Waals surface area contributed by atoms with Crippen molar-refractivity contribution in [3.05, 3.63) is 74.0 Å². The van der Waals surface area contributed by atoms with Gasteiger partial charge in [-0.25, -0.2) is 9.36 Å².